The minimum Gasteiger partial charge on any atom is -0.741 e. The number of alkyl halides is 3. The number of hydrogen-bond donors (Lipinski definition) is 0. The molecule has 0 N–H and O–H groups in total. The average molecular weight is 763 g/mol. The van der Waals surface area contributed by atoms with Crippen LogP contribution in [-0.2, 0) is 27.6 Å². The van der Waals surface area contributed by atoms with Crippen molar-refractivity contribution >= 4 is 42.6 Å². The maximum atomic E-state index is 10.7. The van der Waals surface area contributed by atoms with E-state index in [-0.39, 0.29) is 22.1 Å². The quantitative estimate of drug-likeness (QED) is 0.0664. The normalized spacial score (nSPS) is 12.4. The second kappa shape index (κ2) is 15.7. The lowest BCUT2D eigenvalue weighted by Crippen LogP contribution is -2.23. The number of rotatable bonds is 8. The first-order valence-electron chi connectivity index (χ1n) is 16.7. The van der Waals surface area contributed by atoms with E-state index in [4.69, 9.17) is 27.2 Å². The fourth-order valence-corrected chi connectivity index (χ4v) is 7.54. The van der Waals surface area contributed by atoms with Crippen LogP contribution in [0.1, 0.15) is 47.1 Å². The van der Waals surface area contributed by atoms with Gasteiger partial charge in [0.1, 0.15) is 35.1 Å². The summed E-state index contributed by atoms with van der Waals surface area (Å²) in [4.78, 5) is 3.65. The molecular formula is C42H41F3O6S2. The summed E-state index contributed by atoms with van der Waals surface area (Å²) >= 11 is 0. The Kier molecular flexibility index (Phi) is 11.7. The van der Waals surface area contributed by atoms with Crippen LogP contribution in [0.4, 0.5) is 13.2 Å². The second-order valence-corrected chi connectivity index (χ2v) is 17.5. The van der Waals surface area contributed by atoms with Gasteiger partial charge in [0.2, 0.25) is 0 Å². The van der Waals surface area contributed by atoms with E-state index in [2.05, 4.69) is 169 Å². The third-order valence-electron chi connectivity index (χ3n) is 7.58. The van der Waals surface area contributed by atoms with E-state index in [1.165, 1.54) is 41.8 Å². The van der Waals surface area contributed by atoms with Gasteiger partial charge in [-0.3, -0.25) is 0 Å². The molecule has 278 valence electrons. The largest absolute Gasteiger partial charge is 0.741 e. The lowest BCUT2D eigenvalue weighted by molar-refractivity contribution is -0.0517. The third-order valence-corrected chi connectivity index (χ3v) is 10.4. The summed E-state index contributed by atoms with van der Waals surface area (Å²) in [5, 5.41) is 4.92. The van der Waals surface area contributed by atoms with Crippen molar-refractivity contribution in [2.24, 2.45) is 0 Å². The summed E-state index contributed by atoms with van der Waals surface area (Å²) in [7, 11) is -6.42. The van der Waals surface area contributed by atoms with Crippen LogP contribution in [-0.4, -0.2) is 29.7 Å². The van der Waals surface area contributed by atoms with Crippen molar-refractivity contribution < 1.29 is 40.4 Å². The Morgan fingerprint density at radius 1 is 0.566 bits per heavy atom. The highest BCUT2D eigenvalue weighted by Crippen LogP contribution is 2.36. The molecule has 0 spiro atoms. The van der Waals surface area contributed by atoms with Crippen LogP contribution in [0.25, 0.3) is 21.5 Å². The molecule has 0 amide bonds. The molecule has 0 saturated carbocycles. The van der Waals surface area contributed by atoms with E-state index >= 15 is 0 Å². The lowest BCUT2D eigenvalue weighted by atomic mass is 9.97. The van der Waals surface area contributed by atoms with Gasteiger partial charge in [0, 0.05) is 5.56 Å². The molecule has 0 aliphatic carbocycles. The molecule has 0 fully saturated rings. The van der Waals surface area contributed by atoms with Gasteiger partial charge in [-0.15, -0.1) is 0 Å². The molecule has 6 aromatic carbocycles. The lowest BCUT2D eigenvalue weighted by Gasteiger charge is -2.21. The van der Waals surface area contributed by atoms with Crippen LogP contribution >= 0.6 is 0 Å². The van der Waals surface area contributed by atoms with Crippen molar-refractivity contribution in [1.82, 2.24) is 0 Å². The average Bonchev–Trinajstić information content (AvgIpc) is 3.07. The minimum absolute atomic E-state index is 0.250. The molecule has 0 radical (unpaired) electrons. The summed E-state index contributed by atoms with van der Waals surface area (Å²) < 4.78 is 77.6. The third kappa shape index (κ3) is 10.7. The summed E-state index contributed by atoms with van der Waals surface area (Å²) in [6.45, 7) is 12.9. The van der Waals surface area contributed by atoms with E-state index in [1.54, 1.807) is 0 Å². The Bertz CT molecular complexity index is 2140. The number of halogens is 3. The highest BCUT2D eigenvalue weighted by Gasteiger charge is 2.37. The van der Waals surface area contributed by atoms with E-state index in [9.17, 15) is 13.2 Å². The van der Waals surface area contributed by atoms with Crippen LogP contribution in [0.2, 0.25) is 0 Å². The van der Waals surface area contributed by atoms with Crippen LogP contribution in [0.5, 0.6) is 17.2 Å². The van der Waals surface area contributed by atoms with E-state index < -0.39 is 15.6 Å². The zero-order chi connectivity index (χ0) is 38.6. The monoisotopic (exact) mass is 762 g/mol. The first-order chi connectivity index (χ1) is 24.8. The van der Waals surface area contributed by atoms with E-state index in [0.717, 1.165) is 17.2 Å². The number of benzene rings is 6. The predicted molar refractivity (Wildman–Crippen MR) is 204 cm³/mol. The minimum atomic E-state index is -6.09. The van der Waals surface area contributed by atoms with Gasteiger partial charge in [-0.25, -0.2) is 8.42 Å². The van der Waals surface area contributed by atoms with Gasteiger partial charge in [-0.05, 0) is 142 Å². The maximum Gasteiger partial charge on any atom is 0.485 e. The van der Waals surface area contributed by atoms with Crippen LogP contribution in [0.15, 0.2) is 142 Å². The first-order valence-corrected chi connectivity index (χ1v) is 19.4. The molecule has 0 unspecified atom stereocenters. The van der Waals surface area contributed by atoms with Gasteiger partial charge >= 0.3 is 5.51 Å². The van der Waals surface area contributed by atoms with Gasteiger partial charge in [-0.2, -0.15) is 13.2 Å². The summed E-state index contributed by atoms with van der Waals surface area (Å²) in [5.74, 6) is 2.59. The van der Waals surface area contributed by atoms with Gasteiger partial charge in [0.15, 0.2) is 24.8 Å². The molecule has 6 rings (SSSR count). The van der Waals surface area contributed by atoms with Crippen LogP contribution < -0.4 is 14.2 Å². The summed E-state index contributed by atoms with van der Waals surface area (Å²) in [6, 6.07) is 44.9. The smallest absolute Gasteiger partial charge is 0.485 e. The Morgan fingerprint density at radius 3 is 1.25 bits per heavy atom. The molecule has 0 aliphatic rings. The van der Waals surface area contributed by atoms with Crippen LogP contribution in [0, 0.1) is 0 Å². The number of ether oxygens (including phenoxy) is 3. The molecule has 0 saturated heterocycles. The highest BCUT2D eigenvalue weighted by molar-refractivity contribution is 7.97. The Hall–Kier alpha value is -4.71. The molecular weight excluding hydrogens is 722 g/mol. The molecule has 6 aromatic rings. The van der Waals surface area contributed by atoms with Crippen molar-refractivity contribution in [1.29, 1.82) is 0 Å². The maximum absolute atomic E-state index is 10.7. The van der Waals surface area contributed by atoms with Gasteiger partial charge < -0.3 is 18.8 Å². The molecule has 0 aliphatic heterocycles. The van der Waals surface area contributed by atoms with Gasteiger partial charge in [0.05, 0.1) is 10.9 Å². The summed E-state index contributed by atoms with van der Waals surface area (Å²) in [5.41, 5.74) is -4.93. The van der Waals surface area contributed by atoms with Gasteiger partial charge in [-0.1, -0.05) is 48.5 Å². The zero-order valence-corrected chi connectivity index (χ0v) is 31.9. The second-order valence-electron chi connectivity index (χ2n) is 14.1. The van der Waals surface area contributed by atoms with E-state index in [0.29, 0.717) is 6.61 Å². The van der Waals surface area contributed by atoms with E-state index in [1.807, 2.05) is 0 Å². The fraction of sp³-hybridized carbons (Fsp3) is 0.238. The van der Waals surface area contributed by atoms with Crippen molar-refractivity contribution in [2.45, 2.75) is 79.5 Å². The molecule has 0 aromatic heterocycles. The molecule has 53 heavy (non-hydrogen) atoms. The van der Waals surface area contributed by atoms with Crippen molar-refractivity contribution in [3.8, 4) is 17.2 Å². The van der Waals surface area contributed by atoms with Crippen molar-refractivity contribution in [2.75, 3.05) is 0 Å². The first kappa shape index (κ1) is 39.5. The summed E-state index contributed by atoms with van der Waals surface area (Å²) in [6.07, 6.45) is 0. The Labute approximate surface area is 311 Å². The SMILES string of the molecule is CC(C)(C)Oc1ccc([S+](c2ccc(OCc3c4ccccc4cc4ccccc34)cc2)c2ccc(OC(C)(C)C)cc2)cc1.O=S(=O)([O-])C(F)(F)F. The standard InChI is InChI=1S/C41H41O3S.CHF3O3S/c1-40(2,3)43-32-17-23-35(24-18-32)45(36-25-19-33(20-26-36)44-41(4,5)6)34-21-15-31(16-22-34)42-28-39-37-13-9-7-11-29(37)27-30-12-8-10-14-38(30)39;2-1(3,4)8(5,6)7/h7-27H,28H2,1-6H3;(H,5,6,7)/q+1;/p-1. The fourth-order valence-electron chi connectivity index (χ4n) is 5.49. The Morgan fingerprint density at radius 2 is 0.906 bits per heavy atom. The molecule has 0 bridgehead atoms. The number of fused-ring (bicyclic) bond motifs is 2. The van der Waals surface area contributed by atoms with Crippen molar-refractivity contribution in [3.63, 3.8) is 0 Å². The zero-order valence-electron chi connectivity index (χ0n) is 30.2. The van der Waals surface area contributed by atoms with Gasteiger partial charge in [0.25, 0.3) is 0 Å². The van der Waals surface area contributed by atoms with Crippen LogP contribution in [0.3, 0.4) is 0 Å². The highest BCUT2D eigenvalue weighted by atomic mass is 32.2. The number of hydrogen-bond acceptors (Lipinski definition) is 6. The molecule has 0 heterocycles. The Balaban J connectivity index is 0.000000609. The van der Waals surface area contributed by atoms with Crippen molar-refractivity contribution in [3.05, 3.63) is 133 Å². The molecule has 0 atom stereocenters. The predicted octanol–water partition coefficient (Wildman–Crippen LogP) is 11.1. The molecule has 6 nitrogen and oxygen atoms in total. The topological polar surface area (TPSA) is 84.9 Å². The molecule has 11 heteroatoms.